The number of aryl methyl sites for hydroxylation is 1. The van der Waals surface area contributed by atoms with Gasteiger partial charge in [0.25, 0.3) is 5.56 Å². The summed E-state index contributed by atoms with van der Waals surface area (Å²) in [5.41, 5.74) is 2.27. The summed E-state index contributed by atoms with van der Waals surface area (Å²) in [6.07, 6.45) is 2.40. The maximum absolute atomic E-state index is 11.7. The third kappa shape index (κ3) is 4.06. The fraction of sp³-hybridized carbons (Fsp3) is 0.211. The van der Waals surface area contributed by atoms with Crippen molar-refractivity contribution in [2.24, 2.45) is 0 Å². The van der Waals surface area contributed by atoms with Gasteiger partial charge in [0, 0.05) is 37.1 Å². The van der Waals surface area contributed by atoms with Crippen LogP contribution in [0.1, 0.15) is 18.2 Å². The van der Waals surface area contributed by atoms with Crippen LogP contribution in [0.3, 0.4) is 0 Å². The molecule has 0 saturated heterocycles. The largest absolute Gasteiger partial charge is 0.355 e. The van der Waals surface area contributed by atoms with Crippen LogP contribution in [-0.2, 0) is 13.0 Å². The minimum atomic E-state index is -0.163. The summed E-state index contributed by atoms with van der Waals surface area (Å²) in [5.74, 6) is 1.30. The number of aromatic nitrogens is 3. The lowest BCUT2D eigenvalue weighted by Gasteiger charge is -2.19. The third-order valence-corrected chi connectivity index (χ3v) is 4.87. The van der Waals surface area contributed by atoms with Gasteiger partial charge in [-0.25, -0.2) is 9.97 Å². The van der Waals surface area contributed by atoms with Crippen LogP contribution in [0.15, 0.2) is 47.4 Å². The maximum Gasteiger partial charge on any atom is 0.251 e. The molecule has 0 aliphatic carbocycles. The molecule has 1 aromatic carbocycles. The standard InChI is InChI=1S/C19H18Cl2N4O/c1-3-14-9-17(26)24-19(23-14)12-7-8-16(22-10-12)25(2)11-13-5-4-6-15(20)18(13)21/h4-10H,3,11H2,1-2H3,(H,23,24,26). The normalized spacial score (nSPS) is 10.8. The Morgan fingerprint density at radius 1 is 1.19 bits per heavy atom. The van der Waals surface area contributed by atoms with Crippen molar-refractivity contribution in [3.05, 3.63) is 74.3 Å². The van der Waals surface area contributed by atoms with Crippen molar-refractivity contribution >= 4 is 29.0 Å². The van der Waals surface area contributed by atoms with E-state index >= 15 is 0 Å². The molecule has 5 nitrogen and oxygen atoms in total. The highest BCUT2D eigenvalue weighted by atomic mass is 35.5. The van der Waals surface area contributed by atoms with Gasteiger partial charge in [-0.3, -0.25) is 4.79 Å². The van der Waals surface area contributed by atoms with Crippen LogP contribution in [0.4, 0.5) is 5.82 Å². The molecular weight excluding hydrogens is 371 g/mol. The number of nitrogens with zero attached hydrogens (tertiary/aromatic N) is 3. The Morgan fingerprint density at radius 2 is 2.00 bits per heavy atom. The van der Waals surface area contributed by atoms with E-state index in [9.17, 15) is 4.79 Å². The minimum Gasteiger partial charge on any atom is -0.355 e. The molecule has 3 rings (SSSR count). The molecule has 7 heteroatoms. The Balaban J connectivity index is 1.82. The average Bonchev–Trinajstić information content (AvgIpc) is 2.65. The van der Waals surface area contributed by atoms with Gasteiger partial charge < -0.3 is 9.88 Å². The van der Waals surface area contributed by atoms with E-state index in [2.05, 4.69) is 15.0 Å². The topological polar surface area (TPSA) is 61.9 Å². The zero-order valence-corrected chi connectivity index (χ0v) is 16.0. The van der Waals surface area contributed by atoms with Crippen LogP contribution >= 0.6 is 23.2 Å². The zero-order chi connectivity index (χ0) is 18.7. The molecule has 26 heavy (non-hydrogen) atoms. The molecule has 0 bridgehead atoms. The van der Waals surface area contributed by atoms with Gasteiger partial charge in [0.05, 0.1) is 10.0 Å². The molecule has 0 atom stereocenters. The molecule has 0 aliphatic heterocycles. The van der Waals surface area contributed by atoms with Crippen molar-refractivity contribution in [3.8, 4) is 11.4 Å². The van der Waals surface area contributed by atoms with E-state index in [1.807, 2.05) is 43.1 Å². The number of hydrogen-bond acceptors (Lipinski definition) is 4. The van der Waals surface area contributed by atoms with E-state index in [1.54, 1.807) is 12.3 Å². The number of pyridine rings is 1. The van der Waals surface area contributed by atoms with Gasteiger partial charge in [-0.05, 0) is 30.2 Å². The van der Waals surface area contributed by atoms with Crippen molar-refractivity contribution in [1.29, 1.82) is 0 Å². The summed E-state index contributed by atoms with van der Waals surface area (Å²) in [4.78, 5) is 25.4. The Kier molecular flexibility index (Phi) is 5.59. The SMILES string of the molecule is CCc1cc(=O)[nH]c(-c2ccc(N(C)Cc3cccc(Cl)c3Cl)nc2)n1. The van der Waals surface area contributed by atoms with Gasteiger partial charge in [-0.15, -0.1) is 0 Å². The Morgan fingerprint density at radius 3 is 2.69 bits per heavy atom. The van der Waals surface area contributed by atoms with E-state index in [0.29, 0.717) is 28.8 Å². The number of H-pyrrole nitrogens is 1. The van der Waals surface area contributed by atoms with Crippen molar-refractivity contribution < 1.29 is 0 Å². The van der Waals surface area contributed by atoms with Gasteiger partial charge in [0.15, 0.2) is 0 Å². The van der Waals surface area contributed by atoms with E-state index in [-0.39, 0.29) is 5.56 Å². The number of benzene rings is 1. The Bertz CT molecular complexity index is 970. The molecule has 3 aromatic rings. The van der Waals surface area contributed by atoms with E-state index < -0.39 is 0 Å². The van der Waals surface area contributed by atoms with Crippen LogP contribution in [0.2, 0.25) is 10.0 Å². The number of rotatable bonds is 5. The first-order chi connectivity index (χ1) is 12.5. The van der Waals surface area contributed by atoms with E-state index in [4.69, 9.17) is 23.2 Å². The van der Waals surface area contributed by atoms with Crippen LogP contribution in [-0.4, -0.2) is 22.0 Å². The van der Waals surface area contributed by atoms with Crippen LogP contribution in [0.25, 0.3) is 11.4 Å². The third-order valence-electron chi connectivity index (χ3n) is 4.01. The molecule has 0 fully saturated rings. The van der Waals surface area contributed by atoms with E-state index in [1.165, 1.54) is 6.07 Å². The quantitative estimate of drug-likeness (QED) is 0.705. The summed E-state index contributed by atoms with van der Waals surface area (Å²) in [7, 11) is 1.93. The fourth-order valence-corrected chi connectivity index (χ4v) is 2.96. The van der Waals surface area contributed by atoms with Crippen molar-refractivity contribution in [3.63, 3.8) is 0 Å². The Labute approximate surface area is 161 Å². The predicted molar refractivity (Wildman–Crippen MR) is 106 cm³/mol. The van der Waals surface area contributed by atoms with E-state index in [0.717, 1.165) is 22.6 Å². The summed E-state index contributed by atoms with van der Waals surface area (Å²) < 4.78 is 0. The van der Waals surface area contributed by atoms with Crippen molar-refractivity contribution in [2.45, 2.75) is 19.9 Å². The molecule has 0 spiro atoms. The molecule has 0 aliphatic rings. The van der Waals surface area contributed by atoms with Crippen LogP contribution < -0.4 is 10.5 Å². The van der Waals surface area contributed by atoms with Gasteiger partial charge in [0.2, 0.25) is 0 Å². The van der Waals surface area contributed by atoms with Crippen LogP contribution in [0, 0.1) is 0 Å². The molecule has 134 valence electrons. The summed E-state index contributed by atoms with van der Waals surface area (Å²) >= 11 is 12.3. The molecule has 2 aromatic heterocycles. The lowest BCUT2D eigenvalue weighted by Crippen LogP contribution is -2.18. The number of aromatic amines is 1. The first-order valence-corrected chi connectivity index (χ1v) is 8.94. The lowest BCUT2D eigenvalue weighted by molar-refractivity contribution is 0.897. The lowest BCUT2D eigenvalue weighted by atomic mass is 10.2. The zero-order valence-electron chi connectivity index (χ0n) is 14.5. The molecule has 0 amide bonds. The number of nitrogens with one attached hydrogen (secondary N) is 1. The summed E-state index contributed by atoms with van der Waals surface area (Å²) in [6.45, 7) is 2.54. The maximum atomic E-state index is 11.7. The second kappa shape index (κ2) is 7.89. The van der Waals surface area contributed by atoms with Gasteiger partial charge in [-0.1, -0.05) is 42.3 Å². The number of anilines is 1. The second-order valence-electron chi connectivity index (χ2n) is 5.91. The highest BCUT2D eigenvalue weighted by molar-refractivity contribution is 6.42. The fourth-order valence-electron chi connectivity index (χ4n) is 2.58. The Hall–Kier alpha value is -2.37. The molecule has 0 saturated carbocycles. The molecule has 1 N–H and O–H groups in total. The van der Waals surface area contributed by atoms with Gasteiger partial charge in [-0.2, -0.15) is 0 Å². The summed E-state index contributed by atoms with van der Waals surface area (Å²) in [6, 6.07) is 10.8. The summed E-state index contributed by atoms with van der Waals surface area (Å²) in [5, 5.41) is 1.09. The first-order valence-electron chi connectivity index (χ1n) is 8.18. The van der Waals surface area contributed by atoms with Gasteiger partial charge in [0.1, 0.15) is 11.6 Å². The highest BCUT2D eigenvalue weighted by Crippen LogP contribution is 2.27. The molecule has 0 unspecified atom stereocenters. The van der Waals surface area contributed by atoms with Crippen LogP contribution in [0.5, 0.6) is 0 Å². The second-order valence-corrected chi connectivity index (χ2v) is 6.70. The minimum absolute atomic E-state index is 0.163. The average molecular weight is 389 g/mol. The van der Waals surface area contributed by atoms with Crippen molar-refractivity contribution in [2.75, 3.05) is 11.9 Å². The molecule has 2 heterocycles. The van der Waals surface area contributed by atoms with Crippen molar-refractivity contribution in [1.82, 2.24) is 15.0 Å². The highest BCUT2D eigenvalue weighted by Gasteiger charge is 2.10. The number of halogens is 2. The number of hydrogen-bond donors (Lipinski definition) is 1. The molecular formula is C19H18Cl2N4O. The predicted octanol–water partition coefficient (Wildman–Crippen LogP) is 4.34. The van der Waals surface area contributed by atoms with Gasteiger partial charge >= 0.3 is 0 Å². The molecule has 0 radical (unpaired) electrons. The smallest absolute Gasteiger partial charge is 0.251 e. The monoisotopic (exact) mass is 388 g/mol. The first kappa shape index (κ1) is 18.4.